The summed E-state index contributed by atoms with van der Waals surface area (Å²) in [6, 6.07) is 23.4. The minimum Gasteiger partial charge on any atom is -0.489 e. The van der Waals surface area contributed by atoms with Gasteiger partial charge in [-0.3, -0.25) is 9.59 Å². The molecule has 0 aliphatic rings. The average Bonchev–Trinajstić information content (AvgIpc) is 2.81. The molecule has 0 saturated heterocycles. The van der Waals surface area contributed by atoms with Crippen LogP contribution in [0, 0.1) is 0 Å². The fourth-order valence-electron chi connectivity index (χ4n) is 2.92. The van der Waals surface area contributed by atoms with Crippen molar-refractivity contribution in [1.29, 1.82) is 0 Å². The molecule has 0 heterocycles. The summed E-state index contributed by atoms with van der Waals surface area (Å²) in [6.45, 7) is 0.224. The van der Waals surface area contributed by atoms with E-state index in [9.17, 15) is 9.59 Å². The van der Waals surface area contributed by atoms with Crippen LogP contribution in [0.2, 0.25) is 0 Å². The maximum Gasteiger partial charge on any atom is 0.273 e. The molecule has 0 spiro atoms. The zero-order chi connectivity index (χ0) is 21.3. The number of amides is 1. The molecule has 0 aromatic heterocycles. The van der Waals surface area contributed by atoms with E-state index in [0.29, 0.717) is 22.4 Å². The Bertz CT molecular complexity index is 1040. The second kappa shape index (κ2) is 10.0. The van der Waals surface area contributed by atoms with E-state index in [0.717, 1.165) is 5.56 Å². The smallest absolute Gasteiger partial charge is 0.273 e. The monoisotopic (exact) mass is 402 g/mol. The highest BCUT2D eigenvalue weighted by atomic mass is 16.6. The molecule has 3 aromatic carbocycles. The lowest BCUT2D eigenvalue weighted by Gasteiger charge is -2.12. The van der Waals surface area contributed by atoms with Crippen molar-refractivity contribution in [3.05, 3.63) is 101 Å². The highest BCUT2D eigenvalue weighted by Crippen LogP contribution is 2.19. The van der Waals surface area contributed by atoms with E-state index in [1.165, 1.54) is 14.2 Å². The molecule has 1 amide bonds. The van der Waals surface area contributed by atoms with Gasteiger partial charge in [-0.1, -0.05) is 59.8 Å². The summed E-state index contributed by atoms with van der Waals surface area (Å²) in [7, 11) is 2.92. The lowest BCUT2D eigenvalue weighted by atomic mass is 10.0. The van der Waals surface area contributed by atoms with E-state index in [2.05, 4.69) is 10.5 Å². The van der Waals surface area contributed by atoms with Gasteiger partial charge in [-0.25, -0.2) is 0 Å². The van der Waals surface area contributed by atoms with Crippen molar-refractivity contribution in [3.8, 4) is 5.75 Å². The summed E-state index contributed by atoms with van der Waals surface area (Å²) in [4.78, 5) is 29.5. The lowest BCUT2D eigenvalue weighted by Crippen LogP contribution is -2.29. The van der Waals surface area contributed by atoms with Crippen LogP contribution in [-0.2, 0) is 16.2 Å². The highest BCUT2D eigenvalue weighted by molar-refractivity contribution is 6.45. The molecule has 152 valence electrons. The first-order valence-electron chi connectivity index (χ1n) is 9.38. The Hall–Kier alpha value is -3.93. The summed E-state index contributed by atoms with van der Waals surface area (Å²) >= 11 is 0. The fraction of sp³-hybridized carbons (Fsp3) is 0.125. The van der Waals surface area contributed by atoms with Crippen molar-refractivity contribution >= 4 is 17.4 Å². The standard InChI is InChI=1S/C24H22N2O4/c1-25-24(28)22(26-29-2)21-11-7-6-10-19(21)16-30-20-14-12-18(13-15-20)23(27)17-8-4-3-5-9-17/h3-15H,16H2,1-2H3,(H,25,28). The number of rotatable bonds is 8. The number of oxime groups is 1. The molecule has 1 N–H and O–H groups in total. The number of carbonyl (C=O) groups excluding carboxylic acids is 2. The Kier molecular flexibility index (Phi) is 6.95. The van der Waals surface area contributed by atoms with Crippen LogP contribution in [0.1, 0.15) is 27.0 Å². The third-order valence-electron chi connectivity index (χ3n) is 4.44. The summed E-state index contributed by atoms with van der Waals surface area (Å²) in [5.74, 6) is 0.214. The summed E-state index contributed by atoms with van der Waals surface area (Å²) in [5.41, 5.74) is 2.79. The third kappa shape index (κ3) is 4.91. The van der Waals surface area contributed by atoms with Crippen molar-refractivity contribution < 1.29 is 19.2 Å². The van der Waals surface area contributed by atoms with Crippen molar-refractivity contribution in [2.24, 2.45) is 5.16 Å². The Morgan fingerprint density at radius 1 is 0.867 bits per heavy atom. The van der Waals surface area contributed by atoms with Gasteiger partial charge < -0.3 is 14.9 Å². The second-order valence-electron chi connectivity index (χ2n) is 6.37. The maximum atomic E-state index is 12.5. The van der Waals surface area contributed by atoms with Gasteiger partial charge in [0.25, 0.3) is 5.91 Å². The first-order valence-corrected chi connectivity index (χ1v) is 9.38. The number of nitrogens with one attached hydrogen (secondary N) is 1. The number of benzene rings is 3. The zero-order valence-corrected chi connectivity index (χ0v) is 16.8. The number of ether oxygens (including phenoxy) is 1. The topological polar surface area (TPSA) is 77.0 Å². The van der Waals surface area contributed by atoms with Crippen LogP contribution in [0.15, 0.2) is 84.0 Å². The Morgan fingerprint density at radius 2 is 1.50 bits per heavy atom. The normalized spacial score (nSPS) is 10.9. The zero-order valence-electron chi connectivity index (χ0n) is 16.8. The van der Waals surface area contributed by atoms with Crippen molar-refractivity contribution in [3.63, 3.8) is 0 Å². The van der Waals surface area contributed by atoms with Crippen LogP contribution >= 0.6 is 0 Å². The quantitative estimate of drug-likeness (QED) is 0.355. The van der Waals surface area contributed by atoms with Crippen LogP contribution in [-0.4, -0.2) is 31.6 Å². The van der Waals surface area contributed by atoms with Crippen molar-refractivity contribution in [1.82, 2.24) is 5.32 Å². The summed E-state index contributed by atoms with van der Waals surface area (Å²) in [5, 5.41) is 6.41. The van der Waals surface area contributed by atoms with Gasteiger partial charge in [0, 0.05) is 23.7 Å². The Morgan fingerprint density at radius 3 is 2.17 bits per heavy atom. The van der Waals surface area contributed by atoms with Crippen LogP contribution in [0.4, 0.5) is 0 Å². The molecule has 30 heavy (non-hydrogen) atoms. The second-order valence-corrected chi connectivity index (χ2v) is 6.37. The van der Waals surface area contributed by atoms with Crippen LogP contribution in [0.25, 0.3) is 0 Å². The highest BCUT2D eigenvalue weighted by Gasteiger charge is 2.17. The van der Waals surface area contributed by atoms with E-state index < -0.39 is 0 Å². The van der Waals surface area contributed by atoms with E-state index in [1.807, 2.05) is 36.4 Å². The SMILES string of the molecule is CNC(=O)C(=NOC)c1ccccc1COc1ccc(C(=O)c2ccccc2)cc1. The third-order valence-corrected chi connectivity index (χ3v) is 4.44. The first kappa shape index (κ1) is 20.8. The molecule has 6 heteroatoms. The molecule has 0 aliphatic carbocycles. The van der Waals surface area contributed by atoms with Crippen LogP contribution in [0.5, 0.6) is 5.75 Å². The van der Waals surface area contributed by atoms with E-state index in [4.69, 9.17) is 9.57 Å². The number of nitrogens with zero attached hydrogens (tertiary/aromatic N) is 1. The Balaban J connectivity index is 1.74. The number of likely N-dealkylation sites (N-methyl/N-ethyl adjacent to an activating group) is 1. The molecule has 3 aromatic rings. The molecule has 0 unspecified atom stereocenters. The molecular formula is C24H22N2O4. The fourth-order valence-corrected chi connectivity index (χ4v) is 2.92. The molecule has 0 bridgehead atoms. The van der Waals surface area contributed by atoms with Gasteiger partial charge in [0.05, 0.1) is 0 Å². The first-order chi connectivity index (χ1) is 14.6. The van der Waals surface area contributed by atoms with Crippen LogP contribution < -0.4 is 10.1 Å². The van der Waals surface area contributed by atoms with Gasteiger partial charge in [0.2, 0.25) is 0 Å². The lowest BCUT2D eigenvalue weighted by molar-refractivity contribution is -0.114. The number of hydrogen-bond donors (Lipinski definition) is 1. The molecule has 6 nitrogen and oxygen atoms in total. The number of ketones is 1. The maximum absolute atomic E-state index is 12.5. The van der Waals surface area contributed by atoms with Gasteiger partial charge >= 0.3 is 0 Å². The predicted molar refractivity (Wildman–Crippen MR) is 115 cm³/mol. The Labute approximate surface area is 175 Å². The van der Waals surface area contributed by atoms with Gasteiger partial charge in [-0.2, -0.15) is 0 Å². The largest absolute Gasteiger partial charge is 0.489 e. The molecule has 0 saturated carbocycles. The molecular weight excluding hydrogens is 380 g/mol. The minimum atomic E-state index is -0.354. The molecule has 3 rings (SSSR count). The predicted octanol–water partition coefficient (Wildman–Crippen LogP) is 3.59. The molecule has 0 radical (unpaired) electrons. The molecule has 0 atom stereocenters. The average molecular weight is 402 g/mol. The number of hydrogen-bond acceptors (Lipinski definition) is 5. The van der Waals surface area contributed by atoms with E-state index >= 15 is 0 Å². The van der Waals surface area contributed by atoms with E-state index in [-0.39, 0.29) is 24.0 Å². The van der Waals surface area contributed by atoms with E-state index in [1.54, 1.807) is 42.5 Å². The summed E-state index contributed by atoms with van der Waals surface area (Å²) < 4.78 is 5.88. The molecule has 0 aliphatic heterocycles. The van der Waals surface area contributed by atoms with Gasteiger partial charge in [0.15, 0.2) is 11.5 Å². The van der Waals surface area contributed by atoms with Gasteiger partial charge in [-0.05, 0) is 29.8 Å². The van der Waals surface area contributed by atoms with Crippen molar-refractivity contribution in [2.75, 3.05) is 14.2 Å². The van der Waals surface area contributed by atoms with Gasteiger partial charge in [0.1, 0.15) is 19.5 Å². The minimum absolute atomic E-state index is 0.0431. The summed E-state index contributed by atoms with van der Waals surface area (Å²) in [6.07, 6.45) is 0. The molecule has 0 fully saturated rings. The number of carbonyl (C=O) groups is 2. The van der Waals surface area contributed by atoms with Crippen LogP contribution in [0.3, 0.4) is 0 Å². The van der Waals surface area contributed by atoms with Gasteiger partial charge in [-0.15, -0.1) is 0 Å². The van der Waals surface area contributed by atoms with Crippen molar-refractivity contribution in [2.45, 2.75) is 6.61 Å².